The van der Waals surface area contributed by atoms with Crippen LogP contribution < -0.4 is 5.32 Å². The predicted molar refractivity (Wildman–Crippen MR) is 98.2 cm³/mol. The Balaban J connectivity index is 1.63. The summed E-state index contributed by atoms with van der Waals surface area (Å²) in [4.78, 5) is 19.4. The van der Waals surface area contributed by atoms with Crippen molar-refractivity contribution in [2.45, 2.75) is 45.7 Å². The molecule has 1 aliphatic heterocycles. The number of piperidine rings is 1. The van der Waals surface area contributed by atoms with Crippen molar-refractivity contribution < 1.29 is 4.79 Å². The third-order valence-electron chi connectivity index (χ3n) is 4.64. The molecule has 0 aliphatic carbocycles. The lowest BCUT2D eigenvalue weighted by Gasteiger charge is -2.35. The van der Waals surface area contributed by atoms with Gasteiger partial charge in [-0.1, -0.05) is 26.3 Å². The fraction of sp³-hybridized carbons (Fsp3) is 0.526. The second-order valence-corrected chi connectivity index (χ2v) is 7.02. The van der Waals surface area contributed by atoms with Gasteiger partial charge < -0.3 is 5.32 Å². The average Bonchev–Trinajstić information content (AvgIpc) is 3.03. The highest BCUT2D eigenvalue weighted by atomic mass is 16.2. The molecule has 0 radical (unpaired) electrons. The second kappa shape index (κ2) is 8.25. The van der Waals surface area contributed by atoms with Crippen LogP contribution in [-0.2, 0) is 11.3 Å². The van der Waals surface area contributed by atoms with Crippen LogP contribution >= 0.6 is 0 Å². The largest absolute Gasteiger partial charge is 0.322 e. The van der Waals surface area contributed by atoms with Crippen molar-refractivity contribution in [3.8, 4) is 0 Å². The molecule has 0 spiro atoms. The van der Waals surface area contributed by atoms with Crippen LogP contribution in [0.15, 0.2) is 36.8 Å². The number of carbonyl (C=O) groups is 1. The van der Waals surface area contributed by atoms with Gasteiger partial charge in [-0.3, -0.25) is 19.4 Å². The summed E-state index contributed by atoms with van der Waals surface area (Å²) in [6.45, 7) is 6.84. The number of nitrogens with one attached hydrogen (secondary N) is 1. The molecular formula is C19H27N5O. The number of carbonyl (C=O) groups excluding carboxylic acids is 1. The van der Waals surface area contributed by atoms with E-state index in [0.717, 1.165) is 24.5 Å². The average molecular weight is 341 g/mol. The normalized spacial score (nSPS) is 16.8. The van der Waals surface area contributed by atoms with Crippen LogP contribution in [0.3, 0.4) is 0 Å². The lowest BCUT2D eigenvalue weighted by atomic mass is 9.98. The first-order valence-electron chi connectivity index (χ1n) is 9.11. The maximum Gasteiger partial charge on any atom is 0.242 e. The van der Waals surface area contributed by atoms with Crippen molar-refractivity contribution in [1.82, 2.24) is 19.7 Å². The van der Waals surface area contributed by atoms with Crippen molar-refractivity contribution in [2.75, 3.05) is 18.4 Å². The fourth-order valence-electron chi connectivity index (χ4n) is 3.48. The third kappa shape index (κ3) is 4.66. The van der Waals surface area contributed by atoms with Gasteiger partial charge in [0.1, 0.15) is 0 Å². The van der Waals surface area contributed by atoms with Crippen molar-refractivity contribution in [1.29, 1.82) is 0 Å². The lowest BCUT2D eigenvalue weighted by molar-refractivity contribution is -0.123. The minimum atomic E-state index is -0.0839. The van der Waals surface area contributed by atoms with E-state index in [1.54, 1.807) is 17.1 Å². The van der Waals surface area contributed by atoms with Crippen LogP contribution in [0, 0.1) is 5.92 Å². The van der Waals surface area contributed by atoms with Crippen LogP contribution in [0.1, 0.15) is 38.8 Å². The van der Waals surface area contributed by atoms with Crippen LogP contribution in [0.4, 0.5) is 5.69 Å². The van der Waals surface area contributed by atoms with E-state index >= 15 is 0 Å². The number of hydrogen-bond donors (Lipinski definition) is 1. The Labute approximate surface area is 149 Å². The minimum absolute atomic E-state index is 0.0642. The summed E-state index contributed by atoms with van der Waals surface area (Å²) in [5.41, 5.74) is 1.68. The molecular weight excluding hydrogens is 314 g/mol. The molecule has 3 rings (SSSR count). The number of amides is 1. The summed E-state index contributed by atoms with van der Waals surface area (Å²) < 4.78 is 1.79. The van der Waals surface area contributed by atoms with Crippen LogP contribution in [-0.4, -0.2) is 44.7 Å². The molecule has 6 heteroatoms. The minimum Gasteiger partial charge on any atom is -0.322 e. The molecule has 1 fully saturated rings. The van der Waals surface area contributed by atoms with Gasteiger partial charge in [0.2, 0.25) is 5.91 Å². The molecule has 0 bridgehead atoms. The number of likely N-dealkylation sites (tertiary alicyclic amines) is 1. The Bertz CT molecular complexity index is 676. The number of aromatic nitrogens is 3. The predicted octanol–water partition coefficient (Wildman–Crippen LogP) is 2.78. The highest BCUT2D eigenvalue weighted by molar-refractivity contribution is 5.94. The SMILES string of the molecule is CC(C)[C@@H](C(=O)Nc1cnn(Cc2ccccn2)c1)N1CCCCC1. The molecule has 1 saturated heterocycles. The maximum atomic E-state index is 12.8. The highest BCUT2D eigenvalue weighted by Crippen LogP contribution is 2.19. The molecule has 25 heavy (non-hydrogen) atoms. The first-order chi connectivity index (χ1) is 12.1. The topological polar surface area (TPSA) is 63.1 Å². The third-order valence-corrected chi connectivity index (χ3v) is 4.64. The molecule has 6 nitrogen and oxygen atoms in total. The summed E-state index contributed by atoms with van der Waals surface area (Å²) in [5.74, 6) is 0.343. The Morgan fingerprint density at radius 1 is 1.24 bits per heavy atom. The zero-order valence-corrected chi connectivity index (χ0v) is 15.1. The second-order valence-electron chi connectivity index (χ2n) is 7.02. The van der Waals surface area contributed by atoms with E-state index in [2.05, 4.69) is 34.1 Å². The molecule has 0 aromatic carbocycles. The summed E-state index contributed by atoms with van der Waals surface area (Å²) in [5, 5.41) is 7.37. The summed E-state index contributed by atoms with van der Waals surface area (Å²) in [6, 6.07) is 5.73. The molecule has 2 aromatic heterocycles. The van der Waals surface area contributed by atoms with Gasteiger partial charge in [0.05, 0.1) is 30.2 Å². The van der Waals surface area contributed by atoms with Crippen LogP contribution in [0.5, 0.6) is 0 Å². The molecule has 2 aromatic rings. The van der Waals surface area contributed by atoms with Gasteiger partial charge in [-0.05, 0) is 44.0 Å². The standard InChI is InChI=1S/C19H27N5O/c1-15(2)18(23-10-6-3-7-11-23)19(25)22-17-12-21-24(14-17)13-16-8-4-5-9-20-16/h4-5,8-9,12,14-15,18H,3,6-7,10-11,13H2,1-2H3,(H,22,25)/t18-/m0/s1. The summed E-state index contributed by atoms with van der Waals surface area (Å²) in [7, 11) is 0. The van der Waals surface area contributed by atoms with Crippen LogP contribution in [0.2, 0.25) is 0 Å². The molecule has 1 N–H and O–H groups in total. The van der Waals surface area contributed by atoms with Gasteiger partial charge >= 0.3 is 0 Å². The van der Waals surface area contributed by atoms with E-state index in [-0.39, 0.29) is 17.9 Å². The Hall–Kier alpha value is -2.21. The van der Waals surface area contributed by atoms with Crippen molar-refractivity contribution in [3.63, 3.8) is 0 Å². The van der Waals surface area contributed by atoms with Gasteiger partial charge in [-0.15, -0.1) is 0 Å². The molecule has 1 amide bonds. The van der Waals surface area contributed by atoms with Gasteiger partial charge in [-0.25, -0.2) is 0 Å². The fourth-order valence-corrected chi connectivity index (χ4v) is 3.48. The highest BCUT2D eigenvalue weighted by Gasteiger charge is 2.30. The van der Waals surface area contributed by atoms with E-state index in [1.165, 1.54) is 19.3 Å². The van der Waals surface area contributed by atoms with Gasteiger partial charge in [0.15, 0.2) is 0 Å². The maximum absolute atomic E-state index is 12.8. The van der Waals surface area contributed by atoms with Crippen molar-refractivity contribution in [3.05, 3.63) is 42.5 Å². The quantitative estimate of drug-likeness (QED) is 0.877. The molecule has 1 atom stereocenters. The zero-order chi connectivity index (χ0) is 17.6. The summed E-state index contributed by atoms with van der Waals surface area (Å²) >= 11 is 0. The monoisotopic (exact) mass is 341 g/mol. The van der Waals surface area contributed by atoms with E-state index in [1.807, 2.05) is 24.4 Å². The first-order valence-corrected chi connectivity index (χ1v) is 9.11. The van der Waals surface area contributed by atoms with Gasteiger partial charge in [0.25, 0.3) is 0 Å². The lowest BCUT2D eigenvalue weighted by Crippen LogP contribution is -2.49. The molecule has 134 valence electrons. The molecule has 3 heterocycles. The van der Waals surface area contributed by atoms with Crippen LogP contribution in [0.25, 0.3) is 0 Å². The van der Waals surface area contributed by atoms with Crippen molar-refractivity contribution >= 4 is 11.6 Å². The number of nitrogens with zero attached hydrogens (tertiary/aromatic N) is 4. The van der Waals surface area contributed by atoms with Gasteiger partial charge in [0, 0.05) is 12.4 Å². The van der Waals surface area contributed by atoms with Crippen molar-refractivity contribution in [2.24, 2.45) is 5.92 Å². The Kier molecular flexibility index (Phi) is 5.81. The molecule has 0 saturated carbocycles. The molecule has 0 unspecified atom stereocenters. The molecule has 1 aliphatic rings. The number of pyridine rings is 1. The Morgan fingerprint density at radius 2 is 2.04 bits per heavy atom. The number of rotatable bonds is 6. The first kappa shape index (κ1) is 17.6. The number of anilines is 1. The van der Waals surface area contributed by atoms with Gasteiger partial charge in [-0.2, -0.15) is 5.10 Å². The summed E-state index contributed by atoms with van der Waals surface area (Å²) in [6.07, 6.45) is 8.96. The smallest absolute Gasteiger partial charge is 0.242 e. The zero-order valence-electron chi connectivity index (χ0n) is 15.1. The Morgan fingerprint density at radius 3 is 2.72 bits per heavy atom. The van der Waals surface area contributed by atoms with E-state index < -0.39 is 0 Å². The van der Waals surface area contributed by atoms with E-state index in [4.69, 9.17) is 0 Å². The number of hydrogen-bond acceptors (Lipinski definition) is 4. The van der Waals surface area contributed by atoms with E-state index in [9.17, 15) is 4.79 Å². The van der Waals surface area contributed by atoms with E-state index in [0.29, 0.717) is 6.54 Å².